The van der Waals surface area contributed by atoms with E-state index in [4.69, 9.17) is 16.3 Å². The zero-order valence-electron chi connectivity index (χ0n) is 17.2. The molecular weight excluding hydrogens is 466 g/mol. The molecular formula is C20H21ClF2N4O4S. The number of carbonyl (C=O) groups excluding carboxylic acids is 1. The van der Waals surface area contributed by atoms with Crippen molar-refractivity contribution in [2.75, 3.05) is 24.8 Å². The highest BCUT2D eigenvalue weighted by atomic mass is 35.5. The number of alkyl halides is 1. The normalized spacial score (nSPS) is 17.4. The topological polar surface area (TPSA) is 110 Å². The van der Waals surface area contributed by atoms with Crippen molar-refractivity contribution in [3.63, 3.8) is 0 Å². The molecule has 2 heterocycles. The summed E-state index contributed by atoms with van der Waals surface area (Å²) in [5.41, 5.74) is -1.67. The molecule has 2 atom stereocenters. The molecule has 0 aliphatic carbocycles. The van der Waals surface area contributed by atoms with Gasteiger partial charge in [-0.15, -0.1) is 0 Å². The molecule has 12 heteroatoms. The minimum absolute atomic E-state index is 0.0302. The van der Waals surface area contributed by atoms with Crippen LogP contribution in [-0.2, 0) is 14.6 Å². The van der Waals surface area contributed by atoms with Gasteiger partial charge in [-0.1, -0.05) is 29.8 Å². The maximum Gasteiger partial charge on any atom is 0.271 e. The summed E-state index contributed by atoms with van der Waals surface area (Å²) in [6.45, 7) is 1.19. The number of carbonyl (C=O) groups is 1. The largest absolute Gasteiger partial charge is 0.374 e. The Morgan fingerprint density at radius 3 is 2.59 bits per heavy atom. The first kappa shape index (κ1) is 24.0. The first-order valence-corrected chi connectivity index (χ1v) is 11.8. The van der Waals surface area contributed by atoms with Gasteiger partial charge in [0.25, 0.3) is 5.91 Å². The number of amides is 1. The van der Waals surface area contributed by atoms with E-state index in [0.29, 0.717) is 0 Å². The third kappa shape index (κ3) is 5.78. The molecule has 3 rings (SSSR count). The van der Waals surface area contributed by atoms with Crippen molar-refractivity contribution in [2.45, 2.75) is 24.7 Å². The summed E-state index contributed by atoms with van der Waals surface area (Å²) in [5.74, 6) is -1.12. The van der Waals surface area contributed by atoms with Crippen LogP contribution < -0.4 is 10.6 Å². The summed E-state index contributed by atoms with van der Waals surface area (Å²) in [7, 11) is -3.32. The second-order valence-corrected chi connectivity index (χ2v) is 9.76. The summed E-state index contributed by atoms with van der Waals surface area (Å²) < 4.78 is 56.5. The van der Waals surface area contributed by atoms with Crippen LogP contribution in [-0.4, -0.2) is 55.5 Å². The quantitative estimate of drug-likeness (QED) is 0.590. The second kappa shape index (κ2) is 9.47. The molecule has 2 aromatic rings. The van der Waals surface area contributed by atoms with Crippen LogP contribution in [0.15, 0.2) is 42.1 Å². The second-order valence-electron chi connectivity index (χ2n) is 7.45. The zero-order valence-corrected chi connectivity index (χ0v) is 18.8. The number of nitrogens with one attached hydrogen (secondary N) is 2. The lowest BCUT2D eigenvalue weighted by Gasteiger charge is -2.41. The minimum atomic E-state index is -3.32. The van der Waals surface area contributed by atoms with Gasteiger partial charge in [0.05, 0.1) is 36.7 Å². The van der Waals surface area contributed by atoms with E-state index in [1.54, 1.807) is 6.92 Å². The molecule has 1 aromatic carbocycles. The standard InChI is InChI=1S/C20H21ClF2N4O4S/c1-12(6-7-32(2,29)30)26-19(28)15-8-25-16(9-24-15)27-18(20(23)10-31-11-20)13-4-3-5-14(22)17(13)21/h3-9,12,18H,10-11H2,1-2H3,(H,25,27)(H,26,28)/b7-6+/t12-,18?/m1/s1. The number of hydrogen-bond donors (Lipinski definition) is 2. The lowest BCUT2D eigenvalue weighted by molar-refractivity contribution is -0.139. The van der Waals surface area contributed by atoms with Crippen LogP contribution in [0.1, 0.15) is 29.0 Å². The van der Waals surface area contributed by atoms with Crippen molar-refractivity contribution >= 4 is 33.2 Å². The fourth-order valence-electron chi connectivity index (χ4n) is 2.95. The van der Waals surface area contributed by atoms with Gasteiger partial charge in [-0.05, 0) is 18.6 Å². The molecule has 0 saturated carbocycles. The summed E-state index contributed by atoms with van der Waals surface area (Å²) in [5, 5.41) is 6.20. The number of anilines is 1. The molecule has 0 spiro atoms. The Morgan fingerprint density at radius 2 is 2.03 bits per heavy atom. The molecule has 0 bridgehead atoms. The summed E-state index contributed by atoms with van der Waals surface area (Å²) in [6.07, 6.45) is 4.77. The number of nitrogens with zero attached hydrogens (tertiary/aromatic N) is 2. The molecule has 1 aromatic heterocycles. The number of sulfone groups is 1. The van der Waals surface area contributed by atoms with E-state index in [1.807, 2.05) is 0 Å². The molecule has 1 unspecified atom stereocenters. The predicted octanol–water partition coefficient (Wildman–Crippen LogP) is 2.84. The van der Waals surface area contributed by atoms with Crippen molar-refractivity contribution < 1.29 is 26.7 Å². The maximum atomic E-state index is 15.2. The Bertz CT molecular complexity index is 1120. The highest BCUT2D eigenvalue weighted by Crippen LogP contribution is 2.41. The van der Waals surface area contributed by atoms with E-state index in [-0.39, 0.29) is 35.3 Å². The Morgan fingerprint density at radius 1 is 1.31 bits per heavy atom. The van der Waals surface area contributed by atoms with Crippen LogP contribution >= 0.6 is 11.6 Å². The molecule has 1 amide bonds. The number of ether oxygens (including phenoxy) is 1. The van der Waals surface area contributed by atoms with Gasteiger partial charge in [-0.3, -0.25) is 4.79 Å². The van der Waals surface area contributed by atoms with Crippen molar-refractivity contribution in [2.24, 2.45) is 0 Å². The van der Waals surface area contributed by atoms with E-state index in [2.05, 4.69) is 20.6 Å². The number of benzene rings is 1. The van der Waals surface area contributed by atoms with Gasteiger partial charge in [0.2, 0.25) is 0 Å². The van der Waals surface area contributed by atoms with Gasteiger partial charge in [0, 0.05) is 17.7 Å². The van der Waals surface area contributed by atoms with E-state index in [9.17, 15) is 17.6 Å². The smallest absolute Gasteiger partial charge is 0.271 e. The van der Waals surface area contributed by atoms with Crippen LogP contribution in [0.3, 0.4) is 0 Å². The van der Waals surface area contributed by atoms with Gasteiger partial charge < -0.3 is 15.4 Å². The summed E-state index contributed by atoms with van der Waals surface area (Å²) in [4.78, 5) is 20.4. The van der Waals surface area contributed by atoms with Gasteiger partial charge in [0.1, 0.15) is 17.3 Å². The van der Waals surface area contributed by atoms with Crippen molar-refractivity contribution in [1.82, 2.24) is 15.3 Å². The maximum absolute atomic E-state index is 15.2. The highest BCUT2D eigenvalue weighted by molar-refractivity contribution is 7.93. The summed E-state index contributed by atoms with van der Waals surface area (Å²) in [6, 6.07) is 2.47. The molecule has 8 nitrogen and oxygen atoms in total. The van der Waals surface area contributed by atoms with Crippen LogP contribution in [0.4, 0.5) is 14.6 Å². The SMILES string of the molecule is C[C@H](/C=C/S(C)(=O)=O)NC(=O)c1cnc(NC(c2cccc(F)c2Cl)C2(F)COC2)cn1. The van der Waals surface area contributed by atoms with Crippen LogP contribution in [0.25, 0.3) is 0 Å². The molecule has 1 saturated heterocycles. The fourth-order valence-corrected chi connectivity index (χ4v) is 3.71. The van der Waals surface area contributed by atoms with Gasteiger partial charge in [-0.25, -0.2) is 27.2 Å². The van der Waals surface area contributed by atoms with Crippen molar-refractivity contribution in [3.05, 3.63) is 64.2 Å². The average Bonchev–Trinajstić information content (AvgIpc) is 2.71. The molecule has 1 aliphatic heterocycles. The molecule has 32 heavy (non-hydrogen) atoms. The van der Waals surface area contributed by atoms with Crippen molar-refractivity contribution in [3.8, 4) is 0 Å². The van der Waals surface area contributed by atoms with Crippen LogP contribution in [0, 0.1) is 5.82 Å². The van der Waals surface area contributed by atoms with E-state index in [0.717, 1.165) is 11.7 Å². The first-order chi connectivity index (χ1) is 15.0. The van der Waals surface area contributed by atoms with Crippen LogP contribution in [0.5, 0.6) is 0 Å². The number of rotatable bonds is 8. The first-order valence-electron chi connectivity index (χ1n) is 9.47. The Kier molecular flexibility index (Phi) is 7.11. The van der Waals surface area contributed by atoms with Crippen LogP contribution in [0.2, 0.25) is 5.02 Å². The molecule has 1 fully saturated rings. The third-order valence-corrected chi connectivity index (χ3v) is 5.69. The average molecular weight is 487 g/mol. The Labute approximate surface area is 189 Å². The van der Waals surface area contributed by atoms with Crippen molar-refractivity contribution in [1.29, 1.82) is 0 Å². The molecule has 0 radical (unpaired) electrons. The lowest BCUT2D eigenvalue weighted by atomic mass is 9.88. The number of hydrogen-bond acceptors (Lipinski definition) is 7. The highest BCUT2D eigenvalue weighted by Gasteiger charge is 2.48. The molecule has 2 N–H and O–H groups in total. The lowest BCUT2D eigenvalue weighted by Crippen LogP contribution is -2.52. The Balaban J connectivity index is 1.75. The monoisotopic (exact) mass is 486 g/mol. The summed E-state index contributed by atoms with van der Waals surface area (Å²) >= 11 is 6.06. The number of aromatic nitrogens is 2. The minimum Gasteiger partial charge on any atom is -0.374 e. The van der Waals surface area contributed by atoms with E-state index >= 15 is 4.39 Å². The third-order valence-electron chi connectivity index (χ3n) is 4.64. The predicted molar refractivity (Wildman–Crippen MR) is 115 cm³/mol. The Hall–Kier alpha value is -2.63. The zero-order chi connectivity index (χ0) is 23.5. The van der Waals surface area contributed by atoms with E-state index in [1.165, 1.54) is 36.7 Å². The number of halogens is 3. The molecule has 1 aliphatic rings. The van der Waals surface area contributed by atoms with E-state index < -0.39 is 39.3 Å². The fraction of sp³-hybridized carbons (Fsp3) is 0.350. The van der Waals surface area contributed by atoms with Gasteiger partial charge >= 0.3 is 0 Å². The molecule has 172 valence electrons. The van der Waals surface area contributed by atoms with Gasteiger partial charge in [0.15, 0.2) is 15.5 Å². The van der Waals surface area contributed by atoms with Gasteiger partial charge in [-0.2, -0.15) is 0 Å².